The van der Waals surface area contributed by atoms with Gasteiger partial charge in [0.1, 0.15) is 5.82 Å². The van der Waals surface area contributed by atoms with Crippen LogP contribution in [0.4, 0.5) is 10.1 Å². The number of carbonyl (C=O) groups is 2. The zero-order valence-corrected chi connectivity index (χ0v) is 16.0. The SMILES string of the molecule is CC(C)CC(=O)NCc1ccc(NC(=O)c2ccc(F)cc2)c2ccccc12. The maximum atomic E-state index is 13.1. The van der Waals surface area contributed by atoms with Crippen molar-refractivity contribution in [1.82, 2.24) is 5.32 Å². The number of fused-ring (bicyclic) bond motifs is 1. The summed E-state index contributed by atoms with van der Waals surface area (Å²) in [5, 5.41) is 7.69. The number of hydrogen-bond acceptors (Lipinski definition) is 2. The highest BCUT2D eigenvalue weighted by atomic mass is 19.1. The van der Waals surface area contributed by atoms with Crippen molar-refractivity contribution in [2.45, 2.75) is 26.8 Å². The molecule has 0 saturated carbocycles. The molecule has 0 saturated heterocycles. The van der Waals surface area contributed by atoms with Gasteiger partial charge in [0.15, 0.2) is 0 Å². The topological polar surface area (TPSA) is 58.2 Å². The Balaban J connectivity index is 1.82. The minimum Gasteiger partial charge on any atom is -0.352 e. The summed E-state index contributed by atoms with van der Waals surface area (Å²) in [4.78, 5) is 24.4. The number of nitrogens with one attached hydrogen (secondary N) is 2. The molecule has 0 aliphatic carbocycles. The van der Waals surface area contributed by atoms with Crippen LogP contribution in [0, 0.1) is 11.7 Å². The third-order valence-corrected chi connectivity index (χ3v) is 4.44. The summed E-state index contributed by atoms with van der Waals surface area (Å²) >= 11 is 0. The van der Waals surface area contributed by atoms with Gasteiger partial charge < -0.3 is 10.6 Å². The van der Waals surface area contributed by atoms with Gasteiger partial charge >= 0.3 is 0 Å². The van der Waals surface area contributed by atoms with Crippen molar-refractivity contribution in [2.75, 3.05) is 5.32 Å². The Hall–Kier alpha value is -3.21. The molecule has 0 unspecified atom stereocenters. The highest BCUT2D eigenvalue weighted by Crippen LogP contribution is 2.27. The minimum atomic E-state index is -0.383. The van der Waals surface area contributed by atoms with Crippen LogP contribution < -0.4 is 10.6 Å². The van der Waals surface area contributed by atoms with E-state index in [1.54, 1.807) is 0 Å². The number of rotatable bonds is 6. The van der Waals surface area contributed by atoms with Gasteiger partial charge in [0.25, 0.3) is 5.91 Å². The maximum absolute atomic E-state index is 13.1. The number of carbonyl (C=O) groups excluding carboxylic acids is 2. The van der Waals surface area contributed by atoms with Crippen molar-refractivity contribution >= 4 is 28.3 Å². The molecule has 0 heterocycles. The van der Waals surface area contributed by atoms with E-state index in [2.05, 4.69) is 10.6 Å². The van der Waals surface area contributed by atoms with Crippen molar-refractivity contribution in [3.63, 3.8) is 0 Å². The molecule has 3 aromatic carbocycles. The van der Waals surface area contributed by atoms with Crippen LogP contribution in [-0.2, 0) is 11.3 Å². The quantitative estimate of drug-likeness (QED) is 0.641. The summed E-state index contributed by atoms with van der Waals surface area (Å²) in [6.07, 6.45) is 0.490. The normalized spacial score (nSPS) is 10.9. The molecule has 0 radical (unpaired) electrons. The Bertz CT molecular complexity index is 997. The molecule has 0 aliphatic rings. The van der Waals surface area contributed by atoms with Crippen LogP contribution in [0.3, 0.4) is 0 Å². The first kappa shape index (κ1) is 19.5. The van der Waals surface area contributed by atoms with Crippen molar-refractivity contribution < 1.29 is 14.0 Å². The molecule has 3 rings (SSSR count). The van der Waals surface area contributed by atoms with E-state index in [1.165, 1.54) is 24.3 Å². The molecule has 3 aromatic rings. The van der Waals surface area contributed by atoms with Crippen LogP contribution >= 0.6 is 0 Å². The molecular weight excluding hydrogens is 355 g/mol. The lowest BCUT2D eigenvalue weighted by Crippen LogP contribution is -2.24. The van der Waals surface area contributed by atoms with E-state index in [-0.39, 0.29) is 17.6 Å². The standard InChI is InChI=1S/C23H23FN2O2/c1-15(2)13-22(27)25-14-17-9-12-21(20-6-4-3-5-19(17)20)26-23(28)16-7-10-18(24)11-8-16/h3-12,15H,13-14H2,1-2H3,(H,25,27)(H,26,28). The van der Waals surface area contributed by atoms with Gasteiger partial charge in [0.05, 0.1) is 0 Å². The molecule has 0 fully saturated rings. The first-order chi connectivity index (χ1) is 13.4. The summed E-state index contributed by atoms with van der Waals surface area (Å²) in [5.41, 5.74) is 2.03. The Labute approximate surface area is 163 Å². The third-order valence-electron chi connectivity index (χ3n) is 4.44. The highest BCUT2D eigenvalue weighted by Gasteiger charge is 2.11. The van der Waals surface area contributed by atoms with Gasteiger partial charge in [0, 0.05) is 29.6 Å². The predicted molar refractivity (Wildman–Crippen MR) is 110 cm³/mol. The van der Waals surface area contributed by atoms with E-state index < -0.39 is 0 Å². The van der Waals surface area contributed by atoms with Crippen molar-refractivity contribution in [3.8, 4) is 0 Å². The van der Waals surface area contributed by atoms with Gasteiger partial charge in [-0.05, 0) is 47.2 Å². The molecule has 0 spiro atoms. The Morgan fingerprint density at radius 1 is 0.929 bits per heavy atom. The number of hydrogen-bond donors (Lipinski definition) is 2. The fraction of sp³-hybridized carbons (Fsp3) is 0.217. The van der Waals surface area contributed by atoms with Gasteiger partial charge in [-0.1, -0.05) is 44.2 Å². The molecule has 2 amide bonds. The van der Waals surface area contributed by atoms with Crippen molar-refractivity contribution in [2.24, 2.45) is 5.92 Å². The second kappa shape index (κ2) is 8.65. The molecule has 0 aliphatic heterocycles. The lowest BCUT2D eigenvalue weighted by atomic mass is 10.0. The summed E-state index contributed by atoms with van der Waals surface area (Å²) in [6, 6.07) is 16.9. The van der Waals surface area contributed by atoms with Gasteiger partial charge in [-0.25, -0.2) is 4.39 Å². The zero-order chi connectivity index (χ0) is 20.1. The molecular formula is C23H23FN2O2. The number of benzene rings is 3. The van der Waals surface area contributed by atoms with E-state index in [0.717, 1.165) is 16.3 Å². The van der Waals surface area contributed by atoms with Crippen LogP contribution in [0.1, 0.15) is 36.2 Å². The Morgan fingerprint density at radius 3 is 2.29 bits per heavy atom. The first-order valence-corrected chi connectivity index (χ1v) is 9.28. The fourth-order valence-corrected chi connectivity index (χ4v) is 3.06. The molecule has 2 N–H and O–H groups in total. The molecule has 28 heavy (non-hydrogen) atoms. The largest absolute Gasteiger partial charge is 0.352 e. The van der Waals surface area contributed by atoms with Crippen LogP contribution in [-0.4, -0.2) is 11.8 Å². The number of anilines is 1. The van der Waals surface area contributed by atoms with Gasteiger partial charge in [0.2, 0.25) is 5.91 Å². The van der Waals surface area contributed by atoms with Crippen LogP contribution in [0.5, 0.6) is 0 Å². The van der Waals surface area contributed by atoms with E-state index in [9.17, 15) is 14.0 Å². The summed E-state index contributed by atoms with van der Waals surface area (Å²) in [5.74, 6) is -0.359. The maximum Gasteiger partial charge on any atom is 0.255 e. The van der Waals surface area contributed by atoms with E-state index in [4.69, 9.17) is 0 Å². The second-order valence-corrected chi connectivity index (χ2v) is 7.15. The lowest BCUT2D eigenvalue weighted by Gasteiger charge is -2.13. The molecule has 4 nitrogen and oxygen atoms in total. The zero-order valence-electron chi connectivity index (χ0n) is 16.0. The second-order valence-electron chi connectivity index (χ2n) is 7.15. The van der Waals surface area contributed by atoms with Crippen LogP contribution in [0.25, 0.3) is 10.8 Å². The molecule has 0 aromatic heterocycles. The minimum absolute atomic E-state index is 0.0211. The van der Waals surface area contributed by atoms with Gasteiger partial charge in [-0.15, -0.1) is 0 Å². The number of halogens is 1. The van der Waals surface area contributed by atoms with Crippen molar-refractivity contribution in [3.05, 3.63) is 77.6 Å². The average molecular weight is 378 g/mol. The third kappa shape index (κ3) is 4.74. The Morgan fingerprint density at radius 2 is 1.61 bits per heavy atom. The molecule has 5 heteroatoms. The van der Waals surface area contributed by atoms with Gasteiger partial charge in [-0.3, -0.25) is 9.59 Å². The van der Waals surface area contributed by atoms with E-state index in [1.807, 2.05) is 50.2 Å². The van der Waals surface area contributed by atoms with Crippen molar-refractivity contribution in [1.29, 1.82) is 0 Å². The predicted octanol–water partition coefficient (Wildman–Crippen LogP) is 4.89. The number of amides is 2. The monoisotopic (exact) mass is 378 g/mol. The van der Waals surface area contributed by atoms with E-state index >= 15 is 0 Å². The van der Waals surface area contributed by atoms with Crippen LogP contribution in [0.2, 0.25) is 0 Å². The summed E-state index contributed by atoms with van der Waals surface area (Å²) < 4.78 is 13.1. The molecule has 144 valence electrons. The highest BCUT2D eigenvalue weighted by molar-refractivity contribution is 6.09. The smallest absolute Gasteiger partial charge is 0.255 e. The summed E-state index contributed by atoms with van der Waals surface area (Å²) in [7, 11) is 0. The fourth-order valence-electron chi connectivity index (χ4n) is 3.06. The lowest BCUT2D eigenvalue weighted by molar-refractivity contribution is -0.121. The molecule has 0 atom stereocenters. The average Bonchev–Trinajstić information content (AvgIpc) is 2.67. The van der Waals surface area contributed by atoms with E-state index in [0.29, 0.717) is 30.1 Å². The van der Waals surface area contributed by atoms with Gasteiger partial charge in [-0.2, -0.15) is 0 Å². The van der Waals surface area contributed by atoms with Crippen LogP contribution in [0.15, 0.2) is 60.7 Å². The summed E-state index contributed by atoms with van der Waals surface area (Å²) in [6.45, 7) is 4.44. The first-order valence-electron chi connectivity index (χ1n) is 9.28. The molecule has 0 bridgehead atoms. The Kier molecular flexibility index (Phi) is 6.04.